The van der Waals surface area contributed by atoms with Crippen molar-refractivity contribution in [3.63, 3.8) is 0 Å². The van der Waals surface area contributed by atoms with Gasteiger partial charge in [-0.25, -0.2) is 0 Å². The summed E-state index contributed by atoms with van der Waals surface area (Å²) in [6.45, 7) is 0.385. The highest BCUT2D eigenvalue weighted by atomic mass is 16.5. The van der Waals surface area contributed by atoms with E-state index >= 15 is 0 Å². The van der Waals surface area contributed by atoms with Gasteiger partial charge in [0.15, 0.2) is 11.5 Å². The van der Waals surface area contributed by atoms with E-state index < -0.39 is 6.04 Å². The van der Waals surface area contributed by atoms with Gasteiger partial charge in [0.1, 0.15) is 6.04 Å². The molecule has 3 rings (SSSR count). The number of nitrogens with zero attached hydrogens (tertiary/aromatic N) is 1. The van der Waals surface area contributed by atoms with Crippen LogP contribution in [0, 0.1) is 11.3 Å². The summed E-state index contributed by atoms with van der Waals surface area (Å²) in [6.07, 6.45) is 0. The number of hydrogen-bond donors (Lipinski definition) is 2. The van der Waals surface area contributed by atoms with E-state index in [2.05, 4.69) is 16.7 Å². The Balaban J connectivity index is 1.95. The maximum absolute atomic E-state index is 13.3. The zero-order valence-electron chi connectivity index (χ0n) is 18.2. The zero-order valence-corrected chi connectivity index (χ0v) is 18.2. The average molecular weight is 431 g/mol. The van der Waals surface area contributed by atoms with E-state index in [4.69, 9.17) is 19.5 Å². The Labute approximate surface area is 187 Å². The molecule has 7 heteroatoms. The number of anilines is 1. The van der Waals surface area contributed by atoms with Crippen molar-refractivity contribution in [2.75, 3.05) is 26.6 Å². The first-order valence-electron chi connectivity index (χ1n) is 9.97. The van der Waals surface area contributed by atoms with Crippen LogP contribution in [0.15, 0.2) is 66.7 Å². The Hall–Kier alpha value is -4.18. The van der Waals surface area contributed by atoms with Crippen molar-refractivity contribution in [2.45, 2.75) is 12.6 Å². The standard InChI is InChI=1S/C25H25N3O4/c1-30-21-13-19(14-22(31-2)24(21)32-3)23(28-20-11-9-17(15-26)10-12-20)25(29)27-16-18-7-5-4-6-8-18/h4-14,23,28H,16H2,1-3H3,(H,27,29). The summed E-state index contributed by atoms with van der Waals surface area (Å²) in [4.78, 5) is 13.3. The first-order chi connectivity index (χ1) is 15.6. The predicted molar refractivity (Wildman–Crippen MR) is 122 cm³/mol. The third-order valence-electron chi connectivity index (χ3n) is 4.92. The Morgan fingerprint density at radius 2 is 1.56 bits per heavy atom. The number of nitrogens with one attached hydrogen (secondary N) is 2. The van der Waals surface area contributed by atoms with Crippen LogP contribution < -0.4 is 24.8 Å². The molecule has 0 radical (unpaired) electrons. The fourth-order valence-corrected chi connectivity index (χ4v) is 3.26. The number of amides is 1. The monoisotopic (exact) mass is 431 g/mol. The van der Waals surface area contributed by atoms with Crippen LogP contribution in [0.4, 0.5) is 5.69 Å². The van der Waals surface area contributed by atoms with Crippen LogP contribution in [-0.2, 0) is 11.3 Å². The smallest absolute Gasteiger partial charge is 0.247 e. The van der Waals surface area contributed by atoms with Gasteiger partial charge in [-0.2, -0.15) is 5.26 Å². The van der Waals surface area contributed by atoms with Gasteiger partial charge in [-0.15, -0.1) is 0 Å². The number of rotatable bonds is 9. The van der Waals surface area contributed by atoms with E-state index in [0.717, 1.165) is 5.56 Å². The molecule has 0 heterocycles. The van der Waals surface area contributed by atoms with Gasteiger partial charge >= 0.3 is 0 Å². The van der Waals surface area contributed by atoms with Crippen molar-refractivity contribution in [3.05, 3.63) is 83.4 Å². The molecule has 1 atom stereocenters. The van der Waals surface area contributed by atoms with E-state index in [-0.39, 0.29) is 5.91 Å². The van der Waals surface area contributed by atoms with Crippen molar-refractivity contribution in [2.24, 2.45) is 0 Å². The Morgan fingerprint density at radius 1 is 0.938 bits per heavy atom. The number of carbonyl (C=O) groups excluding carboxylic acids is 1. The summed E-state index contributed by atoms with van der Waals surface area (Å²) < 4.78 is 16.3. The highest BCUT2D eigenvalue weighted by Gasteiger charge is 2.24. The summed E-state index contributed by atoms with van der Waals surface area (Å²) in [6, 6.07) is 21.4. The van der Waals surface area contributed by atoms with Gasteiger partial charge < -0.3 is 24.8 Å². The van der Waals surface area contributed by atoms with Crippen LogP contribution in [-0.4, -0.2) is 27.2 Å². The van der Waals surface area contributed by atoms with E-state index in [1.807, 2.05) is 30.3 Å². The minimum absolute atomic E-state index is 0.229. The maximum atomic E-state index is 13.3. The number of benzene rings is 3. The van der Waals surface area contributed by atoms with Crippen LogP contribution in [0.3, 0.4) is 0 Å². The molecule has 0 saturated heterocycles. The first-order valence-corrected chi connectivity index (χ1v) is 9.97. The van der Waals surface area contributed by atoms with Gasteiger partial charge in [0, 0.05) is 12.2 Å². The molecule has 1 amide bonds. The maximum Gasteiger partial charge on any atom is 0.247 e. The van der Waals surface area contributed by atoms with Crippen LogP contribution in [0.2, 0.25) is 0 Å². The summed E-state index contributed by atoms with van der Waals surface area (Å²) in [5.41, 5.74) is 2.85. The van der Waals surface area contributed by atoms with Crippen LogP contribution in [0.1, 0.15) is 22.7 Å². The Morgan fingerprint density at radius 3 is 2.09 bits per heavy atom. The average Bonchev–Trinajstić information content (AvgIpc) is 2.85. The summed E-state index contributed by atoms with van der Waals surface area (Å²) >= 11 is 0. The molecule has 2 N–H and O–H groups in total. The molecule has 0 bridgehead atoms. The van der Waals surface area contributed by atoms with Crippen molar-refractivity contribution in [1.82, 2.24) is 5.32 Å². The highest BCUT2D eigenvalue weighted by molar-refractivity contribution is 5.86. The summed E-state index contributed by atoms with van der Waals surface area (Å²) in [7, 11) is 4.58. The molecule has 3 aromatic carbocycles. The fraction of sp³-hybridized carbons (Fsp3) is 0.200. The molecular weight excluding hydrogens is 406 g/mol. The molecule has 0 fully saturated rings. The minimum atomic E-state index is -0.750. The molecule has 1 unspecified atom stereocenters. The molecule has 0 aliphatic rings. The number of ether oxygens (including phenoxy) is 3. The van der Waals surface area contributed by atoms with Crippen LogP contribution >= 0.6 is 0 Å². The molecule has 0 spiro atoms. The van der Waals surface area contributed by atoms with Crippen molar-refractivity contribution >= 4 is 11.6 Å². The van der Waals surface area contributed by atoms with Gasteiger partial charge in [0.25, 0.3) is 0 Å². The van der Waals surface area contributed by atoms with E-state index in [0.29, 0.717) is 40.6 Å². The second-order valence-corrected chi connectivity index (χ2v) is 6.93. The van der Waals surface area contributed by atoms with Crippen molar-refractivity contribution in [1.29, 1.82) is 5.26 Å². The fourth-order valence-electron chi connectivity index (χ4n) is 3.26. The molecule has 0 aliphatic carbocycles. The first kappa shape index (κ1) is 22.5. The van der Waals surface area contributed by atoms with E-state index in [1.165, 1.54) is 21.3 Å². The molecule has 3 aromatic rings. The number of methoxy groups -OCH3 is 3. The van der Waals surface area contributed by atoms with Gasteiger partial charge in [-0.05, 0) is 47.5 Å². The van der Waals surface area contributed by atoms with Gasteiger partial charge in [0.2, 0.25) is 11.7 Å². The lowest BCUT2D eigenvalue weighted by molar-refractivity contribution is -0.122. The molecular formula is C25H25N3O4. The van der Waals surface area contributed by atoms with E-state index in [1.54, 1.807) is 36.4 Å². The lowest BCUT2D eigenvalue weighted by atomic mass is 10.0. The molecule has 164 valence electrons. The lowest BCUT2D eigenvalue weighted by Crippen LogP contribution is -2.33. The molecule has 32 heavy (non-hydrogen) atoms. The van der Waals surface area contributed by atoms with Gasteiger partial charge in [-0.1, -0.05) is 30.3 Å². The summed E-state index contributed by atoms with van der Waals surface area (Å²) in [5.74, 6) is 1.11. The SMILES string of the molecule is COc1cc(C(Nc2ccc(C#N)cc2)C(=O)NCc2ccccc2)cc(OC)c1OC. The van der Waals surface area contributed by atoms with Crippen molar-refractivity contribution in [3.8, 4) is 23.3 Å². The highest BCUT2D eigenvalue weighted by Crippen LogP contribution is 2.40. The van der Waals surface area contributed by atoms with Crippen LogP contribution in [0.5, 0.6) is 17.2 Å². The number of hydrogen-bond acceptors (Lipinski definition) is 6. The van der Waals surface area contributed by atoms with Crippen molar-refractivity contribution < 1.29 is 19.0 Å². The predicted octanol–water partition coefficient (Wildman–Crippen LogP) is 4.05. The normalized spacial score (nSPS) is 11.1. The van der Waals surface area contributed by atoms with E-state index in [9.17, 15) is 4.79 Å². The summed E-state index contributed by atoms with van der Waals surface area (Å²) in [5, 5.41) is 15.3. The quantitative estimate of drug-likeness (QED) is 0.531. The molecule has 7 nitrogen and oxygen atoms in total. The number of nitriles is 1. The topological polar surface area (TPSA) is 92.6 Å². The molecule has 0 aliphatic heterocycles. The Bertz CT molecular complexity index is 1070. The van der Waals surface area contributed by atoms with Gasteiger partial charge in [0.05, 0.1) is 33.0 Å². The van der Waals surface area contributed by atoms with Gasteiger partial charge in [-0.3, -0.25) is 4.79 Å². The Kier molecular flexibility index (Phi) is 7.55. The van der Waals surface area contributed by atoms with Crippen LogP contribution in [0.25, 0.3) is 0 Å². The molecule has 0 aromatic heterocycles. The largest absolute Gasteiger partial charge is 0.493 e. The second-order valence-electron chi connectivity index (χ2n) is 6.93. The molecule has 0 saturated carbocycles. The lowest BCUT2D eigenvalue weighted by Gasteiger charge is -2.22. The third kappa shape index (κ3) is 5.29. The minimum Gasteiger partial charge on any atom is -0.493 e. The third-order valence-corrected chi connectivity index (χ3v) is 4.92. The second kappa shape index (κ2) is 10.7. The zero-order chi connectivity index (χ0) is 22.9. The number of carbonyl (C=O) groups is 1.